The Morgan fingerprint density at radius 1 is 1.32 bits per heavy atom. The minimum atomic E-state index is -0.316. The second-order valence-electron chi connectivity index (χ2n) is 5.28. The van der Waals surface area contributed by atoms with E-state index in [1.807, 2.05) is 20.8 Å². The molecule has 0 aliphatic carbocycles. The molecule has 6 nitrogen and oxygen atoms in total. The number of hydrogen-bond acceptors (Lipinski definition) is 4. The Balaban J connectivity index is 2.35. The van der Waals surface area contributed by atoms with E-state index in [1.165, 1.54) is 6.20 Å². The van der Waals surface area contributed by atoms with Gasteiger partial charge >= 0.3 is 0 Å². The van der Waals surface area contributed by atoms with Crippen molar-refractivity contribution in [3.8, 4) is 0 Å². The van der Waals surface area contributed by atoms with Gasteiger partial charge < -0.3 is 16.4 Å². The van der Waals surface area contributed by atoms with Crippen molar-refractivity contribution in [1.82, 2.24) is 15.6 Å². The summed E-state index contributed by atoms with van der Waals surface area (Å²) in [6.45, 7) is 5.98. The van der Waals surface area contributed by atoms with Gasteiger partial charge in [-0.15, -0.1) is 0 Å². The standard InChI is InChI=1S/C13H20N4O2/c1-13(2,3)17-11(18)6-7-15-12(19)10-5-4-9(14)8-16-10/h4-5,8H,6-7,14H2,1-3H3,(H,15,19)(H,17,18). The van der Waals surface area contributed by atoms with E-state index in [4.69, 9.17) is 5.73 Å². The number of aromatic nitrogens is 1. The van der Waals surface area contributed by atoms with E-state index in [2.05, 4.69) is 15.6 Å². The molecule has 0 saturated heterocycles. The van der Waals surface area contributed by atoms with Gasteiger partial charge in [0.1, 0.15) is 5.69 Å². The summed E-state index contributed by atoms with van der Waals surface area (Å²) >= 11 is 0. The number of rotatable bonds is 4. The maximum Gasteiger partial charge on any atom is 0.269 e. The van der Waals surface area contributed by atoms with Gasteiger partial charge in [0.05, 0.1) is 11.9 Å². The van der Waals surface area contributed by atoms with Crippen LogP contribution in [0.25, 0.3) is 0 Å². The van der Waals surface area contributed by atoms with Crippen LogP contribution in [0.1, 0.15) is 37.7 Å². The highest BCUT2D eigenvalue weighted by Gasteiger charge is 2.13. The Hall–Kier alpha value is -2.11. The number of nitrogens with zero attached hydrogens (tertiary/aromatic N) is 1. The maximum absolute atomic E-state index is 11.7. The second kappa shape index (κ2) is 6.17. The molecule has 1 aromatic heterocycles. The number of pyridine rings is 1. The molecular formula is C13H20N4O2. The summed E-state index contributed by atoms with van der Waals surface area (Å²) in [6, 6.07) is 3.15. The fraction of sp³-hybridized carbons (Fsp3) is 0.462. The van der Waals surface area contributed by atoms with Crippen molar-refractivity contribution in [2.24, 2.45) is 0 Å². The summed E-state index contributed by atoms with van der Waals surface area (Å²) in [7, 11) is 0. The van der Waals surface area contributed by atoms with Crippen molar-refractivity contribution in [2.45, 2.75) is 32.7 Å². The first-order valence-electron chi connectivity index (χ1n) is 6.09. The molecule has 1 aromatic rings. The lowest BCUT2D eigenvalue weighted by molar-refractivity contribution is -0.122. The van der Waals surface area contributed by atoms with Gasteiger partial charge in [-0.25, -0.2) is 4.98 Å². The molecule has 1 heterocycles. The van der Waals surface area contributed by atoms with E-state index < -0.39 is 0 Å². The van der Waals surface area contributed by atoms with Crippen LogP contribution in [-0.4, -0.2) is 28.9 Å². The summed E-state index contributed by atoms with van der Waals surface area (Å²) in [5.41, 5.74) is 6.00. The number of nitrogens with one attached hydrogen (secondary N) is 2. The van der Waals surface area contributed by atoms with Crippen LogP contribution in [0.3, 0.4) is 0 Å². The Labute approximate surface area is 112 Å². The van der Waals surface area contributed by atoms with Gasteiger partial charge in [0, 0.05) is 18.5 Å². The number of carbonyl (C=O) groups excluding carboxylic acids is 2. The molecule has 19 heavy (non-hydrogen) atoms. The molecule has 0 saturated carbocycles. The summed E-state index contributed by atoms with van der Waals surface area (Å²) in [5.74, 6) is -0.415. The highest BCUT2D eigenvalue weighted by Crippen LogP contribution is 2.01. The van der Waals surface area contributed by atoms with E-state index in [0.717, 1.165) is 0 Å². The van der Waals surface area contributed by atoms with Crippen molar-refractivity contribution in [2.75, 3.05) is 12.3 Å². The molecule has 104 valence electrons. The lowest BCUT2D eigenvalue weighted by Crippen LogP contribution is -2.42. The lowest BCUT2D eigenvalue weighted by Gasteiger charge is -2.20. The monoisotopic (exact) mass is 264 g/mol. The first kappa shape index (κ1) is 14.9. The van der Waals surface area contributed by atoms with Gasteiger partial charge in [-0.05, 0) is 32.9 Å². The van der Waals surface area contributed by atoms with E-state index >= 15 is 0 Å². The van der Waals surface area contributed by atoms with Crippen molar-refractivity contribution in [1.29, 1.82) is 0 Å². The van der Waals surface area contributed by atoms with Crippen LogP contribution in [0.5, 0.6) is 0 Å². The molecule has 0 aliphatic heterocycles. The quantitative estimate of drug-likeness (QED) is 0.745. The van der Waals surface area contributed by atoms with Crippen molar-refractivity contribution in [3.63, 3.8) is 0 Å². The molecule has 0 spiro atoms. The molecule has 1 rings (SSSR count). The number of hydrogen-bond donors (Lipinski definition) is 3. The molecule has 0 radical (unpaired) electrons. The predicted molar refractivity (Wildman–Crippen MR) is 73.5 cm³/mol. The number of carbonyl (C=O) groups is 2. The molecular weight excluding hydrogens is 244 g/mol. The summed E-state index contributed by atoms with van der Waals surface area (Å²) in [6.07, 6.45) is 1.65. The SMILES string of the molecule is CC(C)(C)NC(=O)CCNC(=O)c1ccc(N)cn1. The summed E-state index contributed by atoms with van der Waals surface area (Å²) < 4.78 is 0. The zero-order valence-electron chi connectivity index (χ0n) is 11.5. The normalized spacial score (nSPS) is 10.9. The topological polar surface area (TPSA) is 97.1 Å². The van der Waals surface area contributed by atoms with E-state index in [0.29, 0.717) is 5.69 Å². The minimum absolute atomic E-state index is 0.0990. The first-order valence-corrected chi connectivity index (χ1v) is 6.09. The van der Waals surface area contributed by atoms with E-state index in [9.17, 15) is 9.59 Å². The third kappa shape index (κ3) is 5.85. The molecule has 0 unspecified atom stereocenters. The average Bonchev–Trinajstić information content (AvgIpc) is 2.27. The van der Waals surface area contributed by atoms with E-state index in [1.54, 1.807) is 12.1 Å². The number of anilines is 1. The largest absolute Gasteiger partial charge is 0.397 e. The zero-order valence-corrected chi connectivity index (χ0v) is 11.5. The van der Waals surface area contributed by atoms with Gasteiger partial charge in [-0.1, -0.05) is 0 Å². The Kier molecular flexibility index (Phi) is 4.86. The molecule has 0 atom stereocenters. The van der Waals surface area contributed by atoms with Crippen LogP contribution in [0, 0.1) is 0 Å². The van der Waals surface area contributed by atoms with Crippen molar-refractivity contribution >= 4 is 17.5 Å². The van der Waals surface area contributed by atoms with Gasteiger partial charge in [-0.3, -0.25) is 9.59 Å². The Bertz CT molecular complexity index is 449. The molecule has 0 fully saturated rings. The van der Waals surface area contributed by atoms with Gasteiger partial charge in [0.2, 0.25) is 5.91 Å². The molecule has 0 aromatic carbocycles. The molecule has 0 bridgehead atoms. The van der Waals surface area contributed by atoms with Crippen LogP contribution in [0.2, 0.25) is 0 Å². The fourth-order valence-corrected chi connectivity index (χ4v) is 1.40. The third-order valence-electron chi connectivity index (χ3n) is 2.17. The smallest absolute Gasteiger partial charge is 0.269 e. The molecule has 4 N–H and O–H groups in total. The minimum Gasteiger partial charge on any atom is -0.397 e. The third-order valence-corrected chi connectivity index (χ3v) is 2.17. The maximum atomic E-state index is 11.7. The predicted octanol–water partition coefficient (Wildman–Crippen LogP) is 0.698. The van der Waals surface area contributed by atoms with Gasteiger partial charge in [-0.2, -0.15) is 0 Å². The molecule has 0 aliphatic rings. The Morgan fingerprint density at radius 3 is 2.53 bits per heavy atom. The van der Waals surface area contributed by atoms with E-state index in [-0.39, 0.29) is 36.0 Å². The Morgan fingerprint density at radius 2 is 2.00 bits per heavy atom. The van der Waals surface area contributed by atoms with Crippen molar-refractivity contribution < 1.29 is 9.59 Å². The lowest BCUT2D eigenvalue weighted by atomic mass is 10.1. The highest BCUT2D eigenvalue weighted by atomic mass is 16.2. The van der Waals surface area contributed by atoms with Crippen LogP contribution in [0.4, 0.5) is 5.69 Å². The van der Waals surface area contributed by atoms with Crippen LogP contribution in [0.15, 0.2) is 18.3 Å². The zero-order chi connectivity index (χ0) is 14.5. The van der Waals surface area contributed by atoms with Gasteiger partial charge in [0.25, 0.3) is 5.91 Å². The number of nitrogens with two attached hydrogens (primary N) is 1. The fourth-order valence-electron chi connectivity index (χ4n) is 1.40. The van der Waals surface area contributed by atoms with Gasteiger partial charge in [0.15, 0.2) is 0 Å². The van der Waals surface area contributed by atoms with Crippen molar-refractivity contribution in [3.05, 3.63) is 24.0 Å². The molecule has 2 amide bonds. The second-order valence-corrected chi connectivity index (χ2v) is 5.28. The summed E-state index contributed by atoms with van der Waals surface area (Å²) in [5, 5.41) is 5.45. The molecule has 6 heteroatoms. The average molecular weight is 264 g/mol. The summed E-state index contributed by atoms with van der Waals surface area (Å²) in [4.78, 5) is 27.1. The highest BCUT2D eigenvalue weighted by molar-refractivity contribution is 5.92. The first-order chi connectivity index (χ1) is 8.78. The number of amides is 2. The van der Waals surface area contributed by atoms with Crippen LogP contribution in [-0.2, 0) is 4.79 Å². The van der Waals surface area contributed by atoms with Crippen LogP contribution >= 0.6 is 0 Å². The number of nitrogen functional groups attached to an aromatic ring is 1. The van der Waals surface area contributed by atoms with Crippen LogP contribution < -0.4 is 16.4 Å².